The Morgan fingerprint density at radius 3 is 2.70 bits per heavy atom. The Morgan fingerprint density at radius 1 is 1.35 bits per heavy atom. The normalized spacial score (nSPS) is 16.2. The molecular weight excluding hydrogens is 268 g/mol. The zero-order valence-electron chi connectivity index (χ0n) is 12.7. The predicted molar refractivity (Wildman–Crippen MR) is 88.7 cm³/mol. The average molecular weight is 295 g/mol. The van der Waals surface area contributed by atoms with Crippen molar-refractivity contribution in [3.63, 3.8) is 0 Å². The van der Waals surface area contributed by atoms with Crippen molar-refractivity contribution >= 4 is 17.3 Å². The number of rotatable bonds is 8. The van der Waals surface area contributed by atoms with Crippen LogP contribution in [-0.4, -0.2) is 18.6 Å². The molecule has 0 amide bonds. The van der Waals surface area contributed by atoms with Gasteiger partial charge in [-0.2, -0.15) is 0 Å². The first-order chi connectivity index (χ1) is 9.67. The molecule has 1 fully saturated rings. The number of nitrogens with two attached hydrogens (primary N) is 1. The largest absolute Gasteiger partial charge is 0.368 e. The molecule has 0 spiro atoms. The van der Waals surface area contributed by atoms with Crippen molar-refractivity contribution < 1.29 is 0 Å². The lowest BCUT2D eigenvalue weighted by molar-refractivity contribution is 0.641. The molecule has 20 heavy (non-hydrogen) atoms. The van der Waals surface area contributed by atoms with Gasteiger partial charge in [0, 0.05) is 29.3 Å². The first-order valence-corrected chi connectivity index (χ1v) is 8.34. The van der Waals surface area contributed by atoms with Crippen LogP contribution in [-0.2, 0) is 6.42 Å². The van der Waals surface area contributed by atoms with Gasteiger partial charge in [0.25, 0.3) is 0 Å². The predicted octanol–water partition coefficient (Wildman–Crippen LogP) is 4.39. The highest BCUT2D eigenvalue weighted by Crippen LogP contribution is 2.36. The van der Waals surface area contributed by atoms with Crippen molar-refractivity contribution in [2.24, 2.45) is 5.73 Å². The molecular formula is C17H27ClN2. The van der Waals surface area contributed by atoms with Crippen LogP contribution in [0.4, 0.5) is 5.69 Å². The quantitative estimate of drug-likeness (QED) is 0.770. The van der Waals surface area contributed by atoms with Gasteiger partial charge in [-0.25, -0.2) is 0 Å². The van der Waals surface area contributed by atoms with E-state index in [4.69, 9.17) is 17.3 Å². The maximum absolute atomic E-state index is 6.45. The molecule has 1 saturated carbocycles. The number of unbranched alkanes of at least 4 members (excludes halogenated alkanes) is 1. The maximum Gasteiger partial charge on any atom is 0.0459 e. The van der Waals surface area contributed by atoms with Gasteiger partial charge in [-0.3, -0.25) is 0 Å². The first-order valence-electron chi connectivity index (χ1n) is 7.97. The lowest BCUT2D eigenvalue weighted by Crippen LogP contribution is -2.29. The zero-order valence-corrected chi connectivity index (χ0v) is 13.5. The van der Waals surface area contributed by atoms with Crippen LogP contribution in [0.3, 0.4) is 0 Å². The van der Waals surface area contributed by atoms with Gasteiger partial charge in [-0.05, 0) is 49.8 Å². The summed E-state index contributed by atoms with van der Waals surface area (Å²) in [5, 5.41) is 0.869. The Morgan fingerprint density at radius 2 is 2.10 bits per heavy atom. The molecule has 2 N–H and O–H groups in total. The average Bonchev–Trinajstić information content (AvgIpc) is 3.27. The van der Waals surface area contributed by atoms with Crippen LogP contribution in [0.25, 0.3) is 0 Å². The fraction of sp³-hybridized carbons (Fsp3) is 0.647. The van der Waals surface area contributed by atoms with Crippen molar-refractivity contribution in [2.75, 3.05) is 11.4 Å². The first kappa shape index (κ1) is 15.7. The van der Waals surface area contributed by atoms with Gasteiger partial charge >= 0.3 is 0 Å². The van der Waals surface area contributed by atoms with Crippen LogP contribution in [0.1, 0.15) is 51.5 Å². The van der Waals surface area contributed by atoms with Gasteiger partial charge in [0.15, 0.2) is 0 Å². The molecule has 1 unspecified atom stereocenters. The van der Waals surface area contributed by atoms with Crippen molar-refractivity contribution in [3.8, 4) is 0 Å². The Bertz CT molecular complexity index is 429. The summed E-state index contributed by atoms with van der Waals surface area (Å²) in [5.74, 6) is 0. The second-order valence-corrected chi connectivity index (χ2v) is 6.30. The number of nitrogens with zero attached hydrogens (tertiary/aromatic N) is 1. The third kappa shape index (κ3) is 3.89. The Hall–Kier alpha value is -0.730. The summed E-state index contributed by atoms with van der Waals surface area (Å²) in [7, 11) is 0. The molecule has 1 atom stereocenters. The van der Waals surface area contributed by atoms with E-state index >= 15 is 0 Å². The molecule has 0 radical (unpaired) electrons. The summed E-state index contributed by atoms with van der Waals surface area (Å²) in [6.45, 7) is 5.52. The van der Waals surface area contributed by atoms with Gasteiger partial charge in [0.05, 0.1) is 0 Å². The van der Waals surface area contributed by atoms with Gasteiger partial charge in [0.2, 0.25) is 0 Å². The highest BCUT2D eigenvalue weighted by Gasteiger charge is 2.30. The van der Waals surface area contributed by atoms with Gasteiger partial charge in [-0.15, -0.1) is 0 Å². The summed E-state index contributed by atoms with van der Waals surface area (Å²) in [4.78, 5) is 2.56. The van der Waals surface area contributed by atoms with Gasteiger partial charge in [0.1, 0.15) is 0 Å². The highest BCUT2D eigenvalue weighted by atomic mass is 35.5. The minimum atomic E-state index is 0.195. The molecule has 1 aliphatic rings. The Labute approximate surface area is 128 Å². The highest BCUT2D eigenvalue weighted by molar-refractivity contribution is 6.31. The minimum absolute atomic E-state index is 0.195. The number of anilines is 1. The summed E-state index contributed by atoms with van der Waals surface area (Å²) < 4.78 is 0. The van der Waals surface area contributed by atoms with Gasteiger partial charge < -0.3 is 10.6 Å². The maximum atomic E-state index is 6.45. The van der Waals surface area contributed by atoms with Crippen molar-refractivity contribution in [1.29, 1.82) is 0 Å². The molecule has 1 aliphatic carbocycles. The van der Waals surface area contributed by atoms with E-state index in [-0.39, 0.29) is 6.04 Å². The molecule has 1 aromatic rings. The molecule has 1 aromatic carbocycles. The summed E-state index contributed by atoms with van der Waals surface area (Å²) in [6, 6.07) is 7.20. The van der Waals surface area contributed by atoms with E-state index in [1.165, 1.54) is 36.9 Å². The fourth-order valence-corrected chi connectivity index (χ4v) is 2.89. The van der Waals surface area contributed by atoms with Crippen molar-refractivity contribution in [2.45, 2.75) is 64.5 Å². The smallest absolute Gasteiger partial charge is 0.0459 e. The van der Waals surface area contributed by atoms with Crippen LogP contribution in [0.15, 0.2) is 18.2 Å². The molecule has 0 bridgehead atoms. The number of hydrogen-bond acceptors (Lipinski definition) is 2. The standard InChI is InChI=1S/C17H27ClN2/c1-3-5-11-20(14-9-10-14)17-8-6-7-16(18)15(17)12-13(19)4-2/h6-8,13-14H,3-5,9-12,19H2,1-2H3. The van der Waals surface area contributed by atoms with E-state index in [1.54, 1.807) is 0 Å². The second-order valence-electron chi connectivity index (χ2n) is 5.89. The second kappa shape index (κ2) is 7.33. The van der Waals surface area contributed by atoms with Crippen LogP contribution in [0, 0.1) is 0 Å². The zero-order chi connectivity index (χ0) is 14.5. The molecule has 2 rings (SSSR count). The van der Waals surface area contributed by atoms with E-state index in [9.17, 15) is 0 Å². The van der Waals surface area contributed by atoms with Crippen LogP contribution in [0.5, 0.6) is 0 Å². The summed E-state index contributed by atoms with van der Waals surface area (Å²) in [5.41, 5.74) is 8.72. The van der Waals surface area contributed by atoms with E-state index in [0.717, 1.165) is 30.5 Å². The lowest BCUT2D eigenvalue weighted by atomic mass is 10.0. The lowest BCUT2D eigenvalue weighted by Gasteiger charge is -2.28. The minimum Gasteiger partial charge on any atom is -0.368 e. The summed E-state index contributed by atoms with van der Waals surface area (Å²) in [6.07, 6.45) is 6.96. The topological polar surface area (TPSA) is 29.3 Å². The number of hydrogen-bond donors (Lipinski definition) is 1. The molecule has 0 aromatic heterocycles. The third-order valence-electron chi connectivity index (χ3n) is 4.13. The Kier molecular flexibility index (Phi) is 5.74. The fourth-order valence-electron chi connectivity index (χ4n) is 2.64. The molecule has 2 nitrogen and oxygen atoms in total. The van der Waals surface area contributed by atoms with Crippen LogP contribution in [0.2, 0.25) is 5.02 Å². The van der Waals surface area contributed by atoms with E-state index < -0.39 is 0 Å². The van der Waals surface area contributed by atoms with E-state index in [1.807, 2.05) is 6.07 Å². The number of halogens is 1. The van der Waals surface area contributed by atoms with E-state index in [2.05, 4.69) is 30.9 Å². The molecule has 112 valence electrons. The number of benzene rings is 1. The summed E-state index contributed by atoms with van der Waals surface area (Å²) >= 11 is 6.45. The van der Waals surface area contributed by atoms with Crippen LogP contribution < -0.4 is 10.6 Å². The molecule has 0 heterocycles. The Balaban J connectivity index is 2.25. The molecule has 0 saturated heterocycles. The van der Waals surface area contributed by atoms with Crippen molar-refractivity contribution in [3.05, 3.63) is 28.8 Å². The van der Waals surface area contributed by atoms with Crippen molar-refractivity contribution in [1.82, 2.24) is 0 Å². The van der Waals surface area contributed by atoms with Crippen LogP contribution >= 0.6 is 11.6 Å². The van der Waals surface area contributed by atoms with E-state index in [0.29, 0.717) is 0 Å². The monoisotopic (exact) mass is 294 g/mol. The molecule has 3 heteroatoms. The molecule has 0 aliphatic heterocycles. The SMILES string of the molecule is CCCCN(c1cccc(Cl)c1CC(N)CC)C1CC1. The van der Waals surface area contributed by atoms with Gasteiger partial charge in [-0.1, -0.05) is 37.9 Å². The third-order valence-corrected chi connectivity index (χ3v) is 4.49.